The number of hydrogen-bond donors (Lipinski definition) is 1. The van der Waals surface area contributed by atoms with Crippen molar-refractivity contribution in [1.82, 2.24) is 34.3 Å². The molecule has 29 heavy (non-hydrogen) atoms. The average Bonchev–Trinajstić information content (AvgIpc) is 3.42. The van der Waals surface area contributed by atoms with Crippen LogP contribution in [0, 0.1) is 0 Å². The van der Waals surface area contributed by atoms with E-state index in [4.69, 9.17) is 0 Å². The van der Waals surface area contributed by atoms with Gasteiger partial charge in [-0.2, -0.15) is 10.2 Å². The third-order valence-corrected chi connectivity index (χ3v) is 4.76. The van der Waals surface area contributed by atoms with Gasteiger partial charge in [-0.25, -0.2) is 19.2 Å². The van der Waals surface area contributed by atoms with Crippen molar-refractivity contribution < 1.29 is 4.79 Å². The monoisotopic (exact) mass is 390 g/mol. The fraction of sp³-hybridized carbons (Fsp3) is 0.250. The van der Waals surface area contributed by atoms with E-state index in [-0.39, 0.29) is 5.91 Å². The summed E-state index contributed by atoms with van der Waals surface area (Å²) in [4.78, 5) is 23.4. The van der Waals surface area contributed by atoms with Crippen LogP contribution in [0.25, 0.3) is 11.3 Å². The van der Waals surface area contributed by atoms with Gasteiger partial charge in [-0.1, -0.05) is 13.8 Å². The summed E-state index contributed by atoms with van der Waals surface area (Å²) in [5.74, 6) is -0.252. The lowest BCUT2D eigenvalue weighted by Crippen LogP contribution is -2.22. The van der Waals surface area contributed by atoms with E-state index in [1.54, 1.807) is 27.9 Å². The molecule has 148 valence electrons. The molecule has 9 nitrogen and oxygen atoms in total. The standard InChI is InChI=1S/C20H22N8O/c1-3-26(4-2)11-15-9-22-19-18(10-23-27(19)12-15)20(29)25-16-5-7-17(8-6-16)28-14-21-13-24-28/h5-10,12-14H,3-4,11H2,1-2H3,(H,25,29). The van der Waals surface area contributed by atoms with Crippen LogP contribution >= 0.6 is 0 Å². The Hall–Kier alpha value is -3.59. The zero-order valence-electron chi connectivity index (χ0n) is 16.4. The van der Waals surface area contributed by atoms with Crippen molar-refractivity contribution in [2.45, 2.75) is 20.4 Å². The predicted octanol–water partition coefficient (Wildman–Crippen LogP) is 2.40. The van der Waals surface area contributed by atoms with E-state index in [0.29, 0.717) is 16.9 Å². The molecule has 0 spiro atoms. The normalized spacial score (nSPS) is 11.3. The van der Waals surface area contributed by atoms with Crippen LogP contribution in [-0.4, -0.2) is 53.3 Å². The number of nitrogens with one attached hydrogen (secondary N) is 1. The number of benzene rings is 1. The van der Waals surface area contributed by atoms with Gasteiger partial charge in [0.25, 0.3) is 5.91 Å². The largest absolute Gasteiger partial charge is 0.322 e. The van der Waals surface area contributed by atoms with Crippen LogP contribution in [0.15, 0.2) is 55.5 Å². The second kappa shape index (κ2) is 8.19. The van der Waals surface area contributed by atoms with Crippen LogP contribution in [0.5, 0.6) is 0 Å². The molecule has 0 aliphatic carbocycles. The van der Waals surface area contributed by atoms with Crippen molar-refractivity contribution in [2.24, 2.45) is 0 Å². The molecule has 0 unspecified atom stereocenters. The van der Waals surface area contributed by atoms with E-state index in [1.807, 2.05) is 30.5 Å². The zero-order valence-corrected chi connectivity index (χ0v) is 16.4. The summed E-state index contributed by atoms with van der Waals surface area (Å²) in [6.45, 7) is 7.00. The summed E-state index contributed by atoms with van der Waals surface area (Å²) >= 11 is 0. The van der Waals surface area contributed by atoms with Crippen molar-refractivity contribution in [3.8, 4) is 5.69 Å². The van der Waals surface area contributed by atoms with Crippen molar-refractivity contribution in [1.29, 1.82) is 0 Å². The number of anilines is 1. The molecule has 4 rings (SSSR count). The lowest BCUT2D eigenvalue weighted by Gasteiger charge is -2.17. The molecule has 3 aromatic heterocycles. The number of nitrogens with zero attached hydrogens (tertiary/aromatic N) is 7. The average molecular weight is 390 g/mol. The molecule has 1 aromatic carbocycles. The molecule has 0 radical (unpaired) electrons. The highest BCUT2D eigenvalue weighted by Gasteiger charge is 2.15. The molecule has 4 aromatic rings. The van der Waals surface area contributed by atoms with Gasteiger partial charge in [-0.3, -0.25) is 9.69 Å². The maximum Gasteiger partial charge on any atom is 0.261 e. The van der Waals surface area contributed by atoms with Gasteiger partial charge in [0.2, 0.25) is 0 Å². The zero-order chi connectivity index (χ0) is 20.2. The van der Waals surface area contributed by atoms with E-state index >= 15 is 0 Å². The van der Waals surface area contributed by atoms with Gasteiger partial charge in [0, 0.05) is 30.2 Å². The minimum Gasteiger partial charge on any atom is -0.322 e. The highest BCUT2D eigenvalue weighted by Crippen LogP contribution is 2.16. The number of aromatic nitrogens is 6. The Kier molecular flexibility index (Phi) is 5.30. The minimum atomic E-state index is -0.252. The molecule has 1 N–H and O–H groups in total. The highest BCUT2D eigenvalue weighted by atomic mass is 16.1. The molecular formula is C20H22N8O. The lowest BCUT2D eigenvalue weighted by atomic mass is 10.2. The fourth-order valence-corrected chi connectivity index (χ4v) is 3.10. The van der Waals surface area contributed by atoms with Crippen LogP contribution in [0.4, 0.5) is 5.69 Å². The van der Waals surface area contributed by atoms with Crippen LogP contribution in [-0.2, 0) is 6.54 Å². The smallest absolute Gasteiger partial charge is 0.261 e. The van der Waals surface area contributed by atoms with Crippen molar-refractivity contribution in [3.63, 3.8) is 0 Å². The topological polar surface area (TPSA) is 93.2 Å². The van der Waals surface area contributed by atoms with E-state index in [1.165, 1.54) is 6.33 Å². The Bertz CT molecular complexity index is 1100. The number of rotatable bonds is 7. The van der Waals surface area contributed by atoms with E-state index in [9.17, 15) is 4.79 Å². The summed E-state index contributed by atoms with van der Waals surface area (Å²) in [5, 5.41) is 11.3. The van der Waals surface area contributed by atoms with Gasteiger partial charge in [0.1, 0.15) is 18.2 Å². The molecule has 0 aliphatic rings. The van der Waals surface area contributed by atoms with Gasteiger partial charge >= 0.3 is 0 Å². The van der Waals surface area contributed by atoms with Crippen LogP contribution < -0.4 is 5.32 Å². The first kappa shape index (κ1) is 18.8. The van der Waals surface area contributed by atoms with Crippen molar-refractivity contribution in [2.75, 3.05) is 18.4 Å². The quantitative estimate of drug-likeness (QED) is 0.521. The summed E-state index contributed by atoms with van der Waals surface area (Å²) in [6.07, 6.45) is 8.36. The molecule has 1 amide bonds. The van der Waals surface area contributed by atoms with Crippen molar-refractivity contribution >= 4 is 17.2 Å². The van der Waals surface area contributed by atoms with E-state index in [0.717, 1.165) is 30.9 Å². The highest BCUT2D eigenvalue weighted by molar-refractivity contribution is 6.08. The second-order valence-electron chi connectivity index (χ2n) is 6.59. The van der Waals surface area contributed by atoms with Gasteiger partial charge < -0.3 is 5.32 Å². The first-order valence-electron chi connectivity index (χ1n) is 9.49. The Balaban J connectivity index is 1.50. The minimum absolute atomic E-state index is 0.252. The molecule has 0 aliphatic heterocycles. The number of carbonyl (C=O) groups is 1. The van der Waals surface area contributed by atoms with Gasteiger partial charge in [-0.15, -0.1) is 0 Å². The molecule has 0 bridgehead atoms. The summed E-state index contributed by atoms with van der Waals surface area (Å²) < 4.78 is 3.30. The summed E-state index contributed by atoms with van der Waals surface area (Å²) in [5.41, 5.74) is 3.56. The summed E-state index contributed by atoms with van der Waals surface area (Å²) in [6, 6.07) is 7.35. The summed E-state index contributed by atoms with van der Waals surface area (Å²) in [7, 11) is 0. The molecule has 0 saturated heterocycles. The lowest BCUT2D eigenvalue weighted by molar-refractivity contribution is 0.102. The Morgan fingerprint density at radius 2 is 1.90 bits per heavy atom. The SMILES string of the molecule is CCN(CC)Cc1cnc2c(C(=O)Nc3ccc(-n4cncn4)cc3)cnn2c1. The van der Waals surface area contributed by atoms with E-state index < -0.39 is 0 Å². The third-order valence-electron chi connectivity index (χ3n) is 4.76. The number of carbonyl (C=O) groups excluding carboxylic acids is 1. The van der Waals surface area contributed by atoms with Gasteiger partial charge in [-0.05, 0) is 37.4 Å². The molecule has 3 heterocycles. The molecule has 0 saturated carbocycles. The van der Waals surface area contributed by atoms with Gasteiger partial charge in [0.05, 0.1) is 11.9 Å². The maximum absolute atomic E-state index is 12.7. The van der Waals surface area contributed by atoms with Gasteiger partial charge in [0.15, 0.2) is 5.65 Å². The molecule has 9 heteroatoms. The molecular weight excluding hydrogens is 368 g/mol. The number of fused-ring (bicyclic) bond motifs is 1. The maximum atomic E-state index is 12.7. The first-order valence-corrected chi connectivity index (χ1v) is 9.49. The first-order chi connectivity index (χ1) is 14.2. The van der Waals surface area contributed by atoms with Crippen LogP contribution in [0.1, 0.15) is 29.8 Å². The second-order valence-corrected chi connectivity index (χ2v) is 6.59. The van der Waals surface area contributed by atoms with E-state index in [2.05, 4.69) is 44.2 Å². The Morgan fingerprint density at radius 3 is 2.59 bits per heavy atom. The molecule has 0 fully saturated rings. The fourth-order valence-electron chi connectivity index (χ4n) is 3.10. The predicted molar refractivity (Wildman–Crippen MR) is 109 cm³/mol. The Morgan fingerprint density at radius 1 is 1.10 bits per heavy atom. The van der Waals surface area contributed by atoms with Crippen LogP contribution in [0.2, 0.25) is 0 Å². The van der Waals surface area contributed by atoms with Crippen molar-refractivity contribution in [3.05, 3.63) is 66.6 Å². The number of amides is 1. The third kappa shape index (κ3) is 3.99. The Labute approximate surface area is 168 Å². The molecule has 0 atom stereocenters. The van der Waals surface area contributed by atoms with Crippen LogP contribution in [0.3, 0.4) is 0 Å². The number of hydrogen-bond acceptors (Lipinski definition) is 6.